The van der Waals surface area contributed by atoms with Crippen LogP contribution >= 0.6 is 31.9 Å². The van der Waals surface area contributed by atoms with Crippen LogP contribution in [0.15, 0.2) is 33.5 Å². The predicted molar refractivity (Wildman–Crippen MR) is 77.9 cm³/mol. The minimum atomic E-state index is -0.0721. The van der Waals surface area contributed by atoms with Crippen molar-refractivity contribution in [2.75, 3.05) is 7.11 Å². The van der Waals surface area contributed by atoms with Gasteiger partial charge in [-0.3, -0.25) is 9.48 Å². The van der Waals surface area contributed by atoms with Crippen LogP contribution < -0.4 is 10.3 Å². The Bertz CT molecular complexity index is 614. The number of nitrogens with zero attached hydrogens (tertiary/aromatic N) is 2. The van der Waals surface area contributed by atoms with E-state index in [1.807, 2.05) is 36.0 Å². The maximum atomic E-state index is 12.2. The second-order valence-electron chi connectivity index (χ2n) is 3.73. The molecule has 0 N–H and O–H groups in total. The van der Waals surface area contributed by atoms with Crippen LogP contribution in [0.2, 0.25) is 0 Å². The lowest BCUT2D eigenvalue weighted by molar-refractivity contribution is 0.414. The molecule has 2 rings (SSSR count). The Hall–Kier alpha value is -1.01. The summed E-state index contributed by atoms with van der Waals surface area (Å²) in [4.78, 5) is 12.2. The number of ether oxygens (including phenoxy) is 1. The van der Waals surface area contributed by atoms with E-state index in [1.54, 1.807) is 11.8 Å². The fraction of sp³-hybridized carbons (Fsp3) is 0.250. The number of alkyl halides is 1. The van der Waals surface area contributed by atoms with Crippen LogP contribution in [0.5, 0.6) is 5.75 Å². The highest BCUT2D eigenvalue weighted by Crippen LogP contribution is 2.19. The number of aromatic nitrogens is 2. The maximum Gasteiger partial charge on any atom is 0.286 e. The van der Waals surface area contributed by atoms with Crippen molar-refractivity contribution in [1.82, 2.24) is 9.36 Å². The lowest BCUT2D eigenvalue weighted by Crippen LogP contribution is -2.19. The Kier molecular flexibility index (Phi) is 3.97. The molecule has 0 spiro atoms. The normalized spacial score (nSPS) is 10.7. The summed E-state index contributed by atoms with van der Waals surface area (Å²) in [7, 11) is 3.47. The molecule has 1 aromatic heterocycles. The highest BCUT2D eigenvalue weighted by atomic mass is 79.9. The van der Waals surface area contributed by atoms with Gasteiger partial charge in [0.2, 0.25) is 0 Å². The smallest absolute Gasteiger partial charge is 0.286 e. The molecule has 0 saturated heterocycles. The Labute approximate surface area is 121 Å². The fourth-order valence-corrected chi connectivity index (χ4v) is 3.36. The number of rotatable bonds is 3. The number of benzene rings is 1. The highest BCUT2D eigenvalue weighted by Gasteiger charge is 2.15. The molecule has 4 nitrogen and oxygen atoms in total. The lowest BCUT2D eigenvalue weighted by Gasteiger charge is -2.09. The quantitative estimate of drug-likeness (QED) is 0.773. The molecule has 18 heavy (non-hydrogen) atoms. The molecule has 0 fully saturated rings. The molecule has 0 aliphatic carbocycles. The molecule has 1 heterocycles. The van der Waals surface area contributed by atoms with Gasteiger partial charge in [0.1, 0.15) is 10.2 Å². The van der Waals surface area contributed by atoms with Crippen molar-refractivity contribution in [3.05, 3.63) is 44.8 Å². The Morgan fingerprint density at radius 1 is 1.28 bits per heavy atom. The topological polar surface area (TPSA) is 36.2 Å². The first-order valence-electron chi connectivity index (χ1n) is 5.27. The molecule has 0 aliphatic heterocycles. The molecular weight excluding hydrogens is 364 g/mol. The van der Waals surface area contributed by atoms with Gasteiger partial charge in [-0.1, -0.05) is 15.9 Å². The molecule has 96 valence electrons. The van der Waals surface area contributed by atoms with Crippen molar-refractivity contribution in [3.63, 3.8) is 0 Å². The van der Waals surface area contributed by atoms with Crippen LogP contribution in [-0.4, -0.2) is 16.5 Å². The SMILES string of the molecule is COc1ccc(-n2c(=O)c(Br)c(CBr)n2C)cc1. The van der Waals surface area contributed by atoms with Gasteiger partial charge in [0, 0.05) is 12.4 Å². The zero-order valence-corrected chi connectivity index (χ0v) is 13.2. The first-order valence-corrected chi connectivity index (χ1v) is 7.18. The van der Waals surface area contributed by atoms with E-state index < -0.39 is 0 Å². The minimum absolute atomic E-state index is 0.0721. The second kappa shape index (κ2) is 5.32. The van der Waals surface area contributed by atoms with E-state index in [9.17, 15) is 4.79 Å². The van der Waals surface area contributed by atoms with E-state index in [-0.39, 0.29) is 5.56 Å². The van der Waals surface area contributed by atoms with Gasteiger partial charge in [0.15, 0.2) is 0 Å². The van der Waals surface area contributed by atoms with Crippen LogP contribution in [0.1, 0.15) is 5.69 Å². The van der Waals surface area contributed by atoms with Crippen molar-refractivity contribution in [3.8, 4) is 11.4 Å². The molecule has 2 aromatic rings. The molecular formula is C12H12Br2N2O2. The van der Waals surface area contributed by atoms with Gasteiger partial charge in [0.05, 0.1) is 18.5 Å². The third-order valence-electron chi connectivity index (χ3n) is 2.77. The first kappa shape index (κ1) is 13.4. The first-order chi connectivity index (χ1) is 8.60. The average molecular weight is 376 g/mol. The van der Waals surface area contributed by atoms with Crippen LogP contribution in [-0.2, 0) is 12.4 Å². The summed E-state index contributed by atoms with van der Waals surface area (Å²) in [5, 5.41) is 0.614. The lowest BCUT2D eigenvalue weighted by atomic mass is 10.3. The molecule has 0 bridgehead atoms. The fourth-order valence-electron chi connectivity index (χ4n) is 1.77. The zero-order valence-electron chi connectivity index (χ0n) is 9.98. The molecule has 0 amide bonds. The number of hydrogen-bond acceptors (Lipinski definition) is 2. The van der Waals surface area contributed by atoms with Gasteiger partial charge in [-0.2, -0.15) is 0 Å². The molecule has 0 radical (unpaired) electrons. The summed E-state index contributed by atoms with van der Waals surface area (Å²) in [5.74, 6) is 0.765. The average Bonchev–Trinajstić information content (AvgIpc) is 2.60. The highest BCUT2D eigenvalue weighted by molar-refractivity contribution is 9.10. The van der Waals surface area contributed by atoms with Crippen molar-refractivity contribution >= 4 is 31.9 Å². The van der Waals surface area contributed by atoms with Gasteiger partial charge in [-0.05, 0) is 40.2 Å². The largest absolute Gasteiger partial charge is 0.497 e. The van der Waals surface area contributed by atoms with Crippen LogP contribution in [0.25, 0.3) is 5.69 Å². The van der Waals surface area contributed by atoms with Crippen LogP contribution in [0.3, 0.4) is 0 Å². The number of halogens is 2. The Balaban J connectivity index is 2.60. The third-order valence-corrected chi connectivity index (χ3v) is 4.10. The molecule has 0 atom stereocenters. The van der Waals surface area contributed by atoms with E-state index >= 15 is 0 Å². The van der Waals surface area contributed by atoms with E-state index in [2.05, 4.69) is 31.9 Å². The summed E-state index contributed by atoms with van der Waals surface area (Å²) in [6.07, 6.45) is 0. The summed E-state index contributed by atoms with van der Waals surface area (Å²) in [5.41, 5.74) is 1.63. The Morgan fingerprint density at radius 3 is 2.33 bits per heavy atom. The van der Waals surface area contributed by atoms with E-state index in [1.165, 1.54) is 0 Å². The predicted octanol–water partition coefficient (Wildman–Crippen LogP) is 2.84. The summed E-state index contributed by atoms with van der Waals surface area (Å²) >= 11 is 6.71. The standard InChI is InChI=1S/C12H12Br2N2O2/c1-15-10(7-13)11(14)12(17)16(15)8-3-5-9(18-2)6-4-8/h3-6H,7H2,1-2H3. The molecule has 6 heteroatoms. The van der Waals surface area contributed by atoms with Crippen LogP contribution in [0.4, 0.5) is 0 Å². The molecule has 0 unspecified atom stereocenters. The minimum Gasteiger partial charge on any atom is -0.497 e. The summed E-state index contributed by atoms with van der Waals surface area (Å²) < 4.78 is 9.12. The molecule has 1 aromatic carbocycles. The van der Waals surface area contributed by atoms with Gasteiger partial charge < -0.3 is 4.74 Å². The molecule has 0 saturated carbocycles. The monoisotopic (exact) mass is 374 g/mol. The van der Waals surface area contributed by atoms with E-state index in [0.717, 1.165) is 17.1 Å². The molecule has 0 aliphatic rings. The van der Waals surface area contributed by atoms with Crippen molar-refractivity contribution in [1.29, 1.82) is 0 Å². The van der Waals surface area contributed by atoms with Crippen molar-refractivity contribution in [2.24, 2.45) is 7.05 Å². The van der Waals surface area contributed by atoms with Gasteiger partial charge >= 0.3 is 0 Å². The van der Waals surface area contributed by atoms with Gasteiger partial charge in [0.25, 0.3) is 5.56 Å². The van der Waals surface area contributed by atoms with Gasteiger partial charge in [-0.15, -0.1) is 0 Å². The van der Waals surface area contributed by atoms with Crippen molar-refractivity contribution < 1.29 is 4.74 Å². The zero-order chi connectivity index (χ0) is 13.3. The summed E-state index contributed by atoms with van der Waals surface area (Å²) in [6.45, 7) is 0. The third kappa shape index (κ3) is 2.14. The maximum absolute atomic E-state index is 12.2. The van der Waals surface area contributed by atoms with E-state index in [4.69, 9.17) is 4.74 Å². The van der Waals surface area contributed by atoms with Crippen molar-refractivity contribution in [2.45, 2.75) is 5.33 Å². The van der Waals surface area contributed by atoms with E-state index in [0.29, 0.717) is 9.80 Å². The number of methoxy groups -OCH3 is 1. The summed E-state index contributed by atoms with van der Waals surface area (Å²) in [6, 6.07) is 7.36. The second-order valence-corrected chi connectivity index (χ2v) is 5.09. The van der Waals surface area contributed by atoms with Crippen LogP contribution in [0, 0.1) is 0 Å². The van der Waals surface area contributed by atoms with Gasteiger partial charge in [-0.25, -0.2) is 4.68 Å². The number of hydrogen-bond donors (Lipinski definition) is 0. The Morgan fingerprint density at radius 2 is 1.89 bits per heavy atom.